The highest BCUT2D eigenvalue weighted by molar-refractivity contribution is 5.78. The number of carbonyl (C=O) groups excluding carboxylic acids is 1. The molecule has 3 aromatic rings. The van der Waals surface area contributed by atoms with Gasteiger partial charge in [-0.25, -0.2) is 14.6 Å². The molecule has 3 aromatic heterocycles. The molecule has 1 aliphatic heterocycles. The molecule has 0 bridgehead atoms. The number of piperidine rings is 1. The average molecular weight is 378 g/mol. The van der Waals surface area contributed by atoms with Crippen LogP contribution in [0.2, 0.25) is 0 Å². The number of rotatable bonds is 5. The Morgan fingerprint density at radius 1 is 1.18 bits per heavy atom. The Morgan fingerprint density at radius 3 is 2.64 bits per heavy atom. The number of nitrogens with one attached hydrogen (secondary N) is 1. The molecule has 28 heavy (non-hydrogen) atoms. The highest BCUT2D eigenvalue weighted by Gasteiger charge is 2.25. The van der Waals surface area contributed by atoms with Crippen LogP contribution in [0.25, 0.3) is 5.82 Å². The lowest BCUT2D eigenvalue weighted by Gasteiger charge is -2.31. The maximum absolute atomic E-state index is 12.5. The van der Waals surface area contributed by atoms with Crippen molar-refractivity contribution in [2.45, 2.75) is 26.3 Å². The minimum Gasteiger partial charge on any atom is -0.355 e. The third kappa shape index (κ3) is 4.13. The number of aryl methyl sites for hydroxylation is 1. The molecule has 9 nitrogen and oxygen atoms in total. The Morgan fingerprint density at radius 2 is 1.96 bits per heavy atom. The van der Waals surface area contributed by atoms with Crippen molar-refractivity contribution in [3.05, 3.63) is 54.4 Å². The van der Waals surface area contributed by atoms with E-state index >= 15 is 0 Å². The molecule has 9 heteroatoms. The predicted octanol–water partition coefficient (Wildman–Crippen LogP) is 1.29. The second-order valence-electron chi connectivity index (χ2n) is 6.83. The first kappa shape index (κ1) is 18.0. The van der Waals surface area contributed by atoms with Crippen molar-refractivity contribution in [3.8, 4) is 5.82 Å². The van der Waals surface area contributed by atoms with Gasteiger partial charge < -0.3 is 10.2 Å². The van der Waals surface area contributed by atoms with Crippen LogP contribution in [-0.2, 0) is 11.3 Å². The van der Waals surface area contributed by atoms with Gasteiger partial charge in [0, 0.05) is 37.1 Å². The van der Waals surface area contributed by atoms with E-state index in [4.69, 9.17) is 0 Å². The first-order valence-electron chi connectivity index (χ1n) is 9.33. The predicted molar refractivity (Wildman–Crippen MR) is 103 cm³/mol. The van der Waals surface area contributed by atoms with Crippen molar-refractivity contribution >= 4 is 11.7 Å². The molecule has 0 saturated carbocycles. The van der Waals surface area contributed by atoms with Crippen LogP contribution >= 0.6 is 0 Å². The van der Waals surface area contributed by atoms with Crippen LogP contribution < -0.4 is 10.2 Å². The fraction of sp³-hybridized carbons (Fsp3) is 0.368. The molecule has 1 amide bonds. The lowest BCUT2D eigenvalue weighted by molar-refractivity contribution is -0.125. The Bertz CT molecular complexity index is 917. The highest BCUT2D eigenvalue weighted by Crippen LogP contribution is 2.22. The van der Waals surface area contributed by atoms with Crippen molar-refractivity contribution < 1.29 is 4.79 Å². The van der Waals surface area contributed by atoms with Crippen molar-refractivity contribution in [3.63, 3.8) is 0 Å². The summed E-state index contributed by atoms with van der Waals surface area (Å²) in [6, 6.07) is 7.57. The first-order valence-corrected chi connectivity index (χ1v) is 9.33. The van der Waals surface area contributed by atoms with E-state index in [1.165, 1.54) is 6.33 Å². The molecule has 1 fully saturated rings. The normalized spacial score (nSPS) is 14.8. The third-order valence-electron chi connectivity index (χ3n) is 4.87. The largest absolute Gasteiger partial charge is 0.355 e. The molecule has 0 unspecified atom stereocenters. The molecular weight excluding hydrogens is 356 g/mol. The van der Waals surface area contributed by atoms with E-state index in [0.29, 0.717) is 12.4 Å². The van der Waals surface area contributed by atoms with Gasteiger partial charge in [0.15, 0.2) is 11.6 Å². The van der Waals surface area contributed by atoms with E-state index < -0.39 is 0 Å². The second-order valence-corrected chi connectivity index (χ2v) is 6.83. The molecule has 0 spiro atoms. The fourth-order valence-electron chi connectivity index (χ4n) is 3.31. The first-order chi connectivity index (χ1) is 13.7. The number of amides is 1. The molecule has 4 heterocycles. The van der Waals surface area contributed by atoms with Crippen molar-refractivity contribution in [1.82, 2.24) is 35.3 Å². The monoisotopic (exact) mass is 378 g/mol. The molecule has 0 aromatic carbocycles. The summed E-state index contributed by atoms with van der Waals surface area (Å²) in [6.07, 6.45) is 6.64. The topological polar surface area (TPSA) is 102 Å². The molecule has 0 radical (unpaired) electrons. The second kappa shape index (κ2) is 8.12. The number of aromatic nitrogens is 6. The van der Waals surface area contributed by atoms with Gasteiger partial charge in [-0.3, -0.25) is 4.79 Å². The quantitative estimate of drug-likeness (QED) is 0.714. The van der Waals surface area contributed by atoms with Gasteiger partial charge >= 0.3 is 0 Å². The summed E-state index contributed by atoms with van der Waals surface area (Å²) in [4.78, 5) is 22.9. The summed E-state index contributed by atoms with van der Waals surface area (Å²) in [7, 11) is 0. The smallest absolute Gasteiger partial charge is 0.223 e. The number of nitrogens with zero attached hydrogens (tertiary/aromatic N) is 7. The number of anilines is 1. The molecule has 0 atom stereocenters. The molecule has 1 aliphatic rings. The number of hydrogen-bond acceptors (Lipinski definition) is 7. The van der Waals surface area contributed by atoms with Crippen molar-refractivity contribution in [2.75, 3.05) is 18.0 Å². The summed E-state index contributed by atoms with van der Waals surface area (Å²) < 4.78 is 1.67. The van der Waals surface area contributed by atoms with Crippen molar-refractivity contribution in [1.29, 1.82) is 0 Å². The van der Waals surface area contributed by atoms with Gasteiger partial charge in [-0.15, -0.1) is 10.2 Å². The zero-order valence-electron chi connectivity index (χ0n) is 15.7. The molecule has 1 N–H and O–H groups in total. The van der Waals surface area contributed by atoms with Gasteiger partial charge in [-0.2, -0.15) is 5.10 Å². The minimum absolute atomic E-state index is 0.00971. The van der Waals surface area contributed by atoms with Crippen LogP contribution in [0.4, 0.5) is 5.82 Å². The van der Waals surface area contributed by atoms with Crippen molar-refractivity contribution in [2.24, 2.45) is 5.92 Å². The van der Waals surface area contributed by atoms with Crippen LogP contribution in [-0.4, -0.2) is 48.9 Å². The van der Waals surface area contributed by atoms with Crippen LogP contribution in [0.15, 0.2) is 43.0 Å². The van der Waals surface area contributed by atoms with Crippen LogP contribution in [0.3, 0.4) is 0 Å². The van der Waals surface area contributed by atoms with Gasteiger partial charge in [0.2, 0.25) is 5.91 Å². The Labute approximate surface area is 162 Å². The zero-order valence-corrected chi connectivity index (χ0v) is 15.7. The van der Waals surface area contributed by atoms with E-state index in [9.17, 15) is 4.79 Å². The Hall–Kier alpha value is -3.36. The fourth-order valence-corrected chi connectivity index (χ4v) is 3.31. The van der Waals surface area contributed by atoms with E-state index in [2.05, 4.69) is 35.5 Å². The minimum atomic E-state index is 0.00971. The van der Waals surface area contributed by atoms with Crippen LogP contribution in [0.5, 0.6) is 0 Å². The summed E-state index contributed by atoms with van der Waals surface area (Å²) in [5.74, 6) is 1.60. The molecule has 0 aliphatic carbocycles. The summed E-state index contributed by atoms with van der Waals surface area (Å²) in [5.41, 5.74) is 1.72. The maximum atomic E-state index is 12.5. The van der Waals surface area contributed by atoms with Crippen LogP contribution in [0.1, 0.15) is 24.2 Å². The molecular formula is C19H22N8O. The summed E-state index contributed by atoms with van der Waals surface area (Å²) >= 11 is 0. The maximum Gasteiger partial charge on any atom is 0.223 e. The van der Waals surface area contributed by atoms with Gasteiger partial charge in [0.1, 0.15) is 6.33 Å². The summed E-state index contributed by atoms with van der Waals surface area (Å²) in [6.45, 7) is 3.90. The molecule has 4 rings (SSSR count). The SMILES string of the molecule is Cc1cc(CNC(=O)C2CCN(c3ccc(-n4cccn4)nn3)CC2)ncn1. The number of hydrogen-bond donors (Lipinski definition) is 1. The number of carbonyl (C=O) groups is 1. The lowest BCUT2D eigenvalue weighted by atomic mass is 9.96. The Balaban J connectivity index is 1.28. The van der Waals surface area contributed by atoms with Gasteiger partial charge in [-0.1, -0.05) is 0 Å². The zero-order chi connectivity index (χ0) is 19.3. The standard InChI is InChI=1S/C19H22N8O/c1-14-11-16(22-13-21-14)12-20-19(28)15-5-9-26(10-6-15)17-3-4-18(25-24-17)27-8-2-7-23-27/h2-4,7-8,11,13,15H,5-6,9-10,12H2,1H3,(H,20,28). The van der Waals surface area contributed by atoms with Crippen LogP contribution in [0, 0.1) is 12.8 Å². The lowest BCUT2D eigenvalue weighted by Crippen LogP contribution is -2.40. The van der Waals surface area contributed by atoms with Gasteiger partial charge in [-0.05, 0) is 44.0 Å². The van der Waals surface area contributed by atoms with Gasteiger partial charge in [0.25, 0.3) is 0 Å². The van der Waals surface area contributed by atoms with E-state index in [1.807, 2.05) is 37.4 Å². The average Bonchev–Trinajstić information content (AvgIpc) is 3.27. The van der Waals surface area contributed by atoms with E-state index in [-0.39, 0.29) is 11.8 Å². The summed E-state index contributed by atoms with van der Waals surface area (Å²) in [5, 5.41) is 15.7. The molecule has 144 valence electrons. The Kier molecular flexibility index (Phi) is 5.22. The van der Waals surface area contributed by atoms with E-state index in [0.717, 1.165) is 43.1 Å². The van der Waals surface area contributed by atoms with E-state index in [1.54, 1.807) is 10.9 Å². The van der Waals surface area contributed by atoms with Gasteiger partial charge in [0.05, 0.1) is 12.2 Å². The molecule has 1 saturated heterocycles. The highest BCUT2D eigenvalue weighted by atomic mass is 16.1. The third-order valence-corrected chi connectivity index (χ3v) is 4.87.